The van der Waals surface area contributed by atoms with E-state index >= 15 is 0 Å². The fourth-order valence-corrected chi connectivity index (χ4v) is 2.41. The standard InChI is InChI=1S/C8H11BrO3/c1-4-2-5(9)8-6(11-4)3-7(10)12-8/h2,4,6-8,10H,3H2,1H3/t4-,6-,7?,8-/m0/s1. The number of hydrogen-bond acceptors (Lipinski definition) is 3. The highest BCUT2D eigenvalue weighted by atomic mass is 79.9. The topological polar surface area (TPSA) is 38.7 Å². The molecule has 2 aliphatic heterocycles. The molecule has 4 atom stereocenters. The van der Waals surface area contributed by atoms with Crippen LogP contribution in [-0.2, 0) is 9.47 Å². The van der Waals surface area contributed by atoms with E-state index in [4.69, 9.17) is 9.47 Å². The molecule has 0 aromatic carbocycles. The molecule has 0 aliphatic carbocycles. The molecule has 0 aromatic rings. The van der Waals surface area contributed by atoms with E-state index in [2.05, 4.69) is 15.9 Å². The Bertz CT molecular complexity index is 216. The van der Waals surface area contributed by atoms with Crippen LogP contribution in [0.2, 0.25) is 0 Å². The third-order valence-electron chi connectivity index (χ3n) is 2.13. The van der Waals surface area contributed by atoms with Crippen LogP contribution in [0.5, 0.6) is 0 Å². The molecule has 0 bridgehead atoms. The maximum Gasteiger partial charge on any atom is 0.158 e. The van der Waals surface area contributed by atoms with Crippen LogP contribution in [0, 0.1) is 0 Å². The lowest BCUT2D eigenvalue weighted by Crippen LogP contribution is -2.32. The van der Waals surface area contributed by atoms with E-state index in [1.165, 1.54) is 0 Å². The second kappa shape index (κ2) is 3.10. The number of aliphatic hydroxyl groups excluding tert-OH is 1. The third kappa shape index (κ3) is 1.44. The van der Waals surface area contributed by atoms with Gasteiger partial charge in [0.05, 0.1) is 12.2 Å². The Morgan fingerprint density at radius 1 is 1.58 bits per heavy atom. The van der Waals surface area contributed by atoms with Crippen LogP contribution in [0.1, 0.15) is 13.3 Å². The molecule has 12 heavy (non-hydrogen) atoms. The zero-order chi connectivity index (χ0) is 8.72. The van der Waals surface area contributed by atoms with E-state index in [1.54, 1.807) is 0 Å². The van der Waals surface area contributed by atoms with Crippen molar-refractivity contribution in [1.82, 2.24) is 0 Å². The predicted molar refractivity (Wildman–Crippen MR) is 46.8 cm³/mol. The first-order valence-electron chi connectivity index (χ1n) is 4.03. The first kappa shape index (κ1) is 8.69. The number of ether oxygens (including phenoxy) is 2. The summed E-state index contributed by atoms with van der Waals surface area (Å²) < 4.78 is 11.8. The molecule has 2 heterocycles. The van der Waals surface area contributed by atoms with Crippen LogP contribution < -0.4 is 0 Å². The molecule has 0 saturated carbocycles. The van der Waals surface area contributed by atoms with Crippen LogP contribution in [0.25, 0.3) is 0 Å². The third-order valence-corrected chi connectivity index (χ3v) is 2.85. The summed E-state index contributed by atoms with van der Waals surface area (Å²) in [5.41, 5.74) is 0. The molecule has 1 fully saturated rings. The second-order valence-corrected chi connectivity index (χ2v) is 4.09. The summed E-state index contributed by atoms with van der Waals surface area (Å²) in [7, 11) is 0. The fraction of sp³-hybridized carbons (Fsp3) is 0.750. The van der Waals surface area contributed by atoms with Crippen molar-refractivity contribution < 1.29 is 14.6 Å². The molecular formula is C8H11BrO3. The lowest BCUT2D eigenvalue weighted by atomic mass is 10.1. The molecule has 0 amide bonds. The van der Waals surface area contributed by atoms with Gasteiger partial charge in [-0.25, -0.2) is 0 Å². The maximum absolute atomic E-state index is 9.21. The lowest BCUT2D eigenvalue weighted by molar-refractivity contribution is -0.0888. The Balaban J connectivity index is 2.17. The van der Waals surface area contributed by atoms with E-state index in [1.807, 2.05) is 13.0 Å². The Morgan fingerprint density at radius 3 is 3.08 bits per heavy atom. The van der Waals surface area contributed by atoms with Crippen molar-refractivity contribution in [2.75, 3.05) is 0 Å². The Morgan fingerprint density at radius 2 is 2.33 bits per heavy atom. The van der Waals surface area contributed by atoms with Crippen LogP contribution in [-0.4, -0.2) is 29.7 Å². The molecular weight excluding hydrogens is 224 g/mol. The summed E-state index contributed by atoms with van der Waals surface area (Å²) in [6.45, 7) is 1.97. The molecule has 68 valence electrons. The van der Waals surface area contributed by atoms with Gasteiger partial charge in [0.1, 0.15) is 6.10 Å². The molecule has 2 rings (SSSR count). The van der Waals surface area contributed by atoms with Crippen molar-refractivity contribution >= 4 is 15.9 Å². The van der Waals surface area contributed by atoms with Gasteiger partial charge in [0.25, 0.3) is 0 Å². The highest BCUT2D eigenvalue weighted by Crippen LogP contribution is 2.34. The molecule has 1 saturated heterocycles. The van der Waals surface area contributed by atoms with Crippen LogP contribution >= 0.6 is 15.9 Å². The van der Waals surface area contributed by atoms with E-state index in [9.17, 15) is 5.11 Å². The monoisotopic (exact) mass is 234 g/mol. The summed E-state index contributed by atoms with van der Waals surface area (Å²) in [6, 6.07) is 0. The first-order chi connectivity index (χ1) is 5.66. The molecule has 0 spiro atoms. The number of aliphatic hydroxyl groups is 1. The van der Waals surface area contributed by atoms with Crippen LogP contribution in [0.4, 0.5) is 0 Å². The maximum atomic E-state index is 9.21. The minimum Gasteiger partial charge on any atom is -0.368 e. The van der Waals surface area contributed by atoms with Gasteiger partial charge in [-0.15, -0.1) is 0 Å². The van der Waals surface area contributed by atoms with Crippen LogP contribution in [0.15, 0.2) is 10.6 Å². The fourth-order valence-electron chi connectivity index (χ4n) is 1.64. The number of fused-ring (bicyclic) bond motifs is 1. The van der Waals surface area contributed by atoms with E-state index < -0.39 is 6.29 Å². The van der Waals surface area contributed by atoms with Crippen molar-refractivity contribution in [2.24, 2.45) is 0 Å². The largest absolute Gasteiger partial charge is 0.368 e. The van der Waals surface area contributed by atoms with Crippen molar-refractivity contribution in [2.45, 2.75) is 37.9 Å². The molecule has 4 heteroatoms. The van der Waals surface area contributed by atoms with Crippen molar-refractivity contribution in [3.8, 4) is 0 Å². The number of halogens is 1. The Kier molecular flexibility index (Phi) is 2.25. The van der Waals surface area contributed by atoms with E-state index in [-0.39, 0.29) is 18.3 Å². The Hall–Kier alpha value is 0.1000. The summed E-state index contributed by atoms with van der Waals surface area (Å²) in [6.07, 6.45) is 1.86. The molecule has 2 aliphatic rings. The highest BCUT2D eigenvalue weighted by Gasteiger charge is 2.39. The van der Waals surface area contributed by atoms with Gasteiger partial charge < -0.3 is 14.6 Å². The van der Waals surface area contributed by atoms with Gasteiger partial charge in [-0.05, 0) is 13.0 Å². The van der Waals surface area contributed by atoms with E-state index in [0.29, 0.717) is 6.42 Å². The minimum atomic E-state index is -0.675. The van der Waals surface area contributed by atoms with Crippen molar-refractivity contribution in [3.63, 3.8) is 0 Å². The highest BCUT2D eigenvalue weighted by molar-refractivity contribution is 9.11. The van der Waals surface area contributed by atoms with Crippen molar-refractivity contribution in [1.29, 1.82) is 0 Å². The minimum absolute atomic E-state index is 0.00868. The van der Waals surface area contributed by atoms with Gasteiger partial charge in [-0.1, -0.05) is 15.9 Å². The predicted octanol–water partition coefficient (Wildman–Crippen LogP) is 1.16. The smallest absolute Gasteiger partial charge is 0.158 e. The molecule has 1 N–H and O–H groups in total. The summed E-state index contributed by atoms with van der Waals surface area (Å²) >= 11 is 3.41. The average molecular weight is 235 g/mol. The molecule has 1 unspecified atom stereocenters. The zero-order valence-electron chi connectivity index (χ0n) is 6.74. The SMILES string of the molecule is C[C@H]1C=C(Br)[C@@H]2OC(O)C[C@@H]2O1. The van der Waals surface area contributed by atoms with Gasteiger partial charge in [0.2, 0.25) is 0 Å². The summed E-state index contributed by atoms with van der Waals surface area (Å²) in [4.78, 5) is 0. The first-order valence-corrected chi connectivity index (χ1v) is 4.82. The van der Waals surface area contributed by atoms with Crippen LogP contribution in [0.3, 0.4) is 0 Å². The summed E-state index contributed by atoms with van der Waals surface area (Å²) in [5.74, 6) is 0. The molecule has 3 nitrogen and oxygen atoms in total. The van der Waals surface area contributed by atoms with Gasteiger partial charge in [0.15, 0.2) is 6.29 Å². The molecule has 0 aromatic heterocycles. The Labute approximate surface area is 79.5 Å². The van der Waals surface area contributed by atoms with E-state index in [0.717, 1.165) is 4.48 Å². The number of rotatable bonds is 0. The quantitative estimate of drug-likeness (QED) is 0.684. The average Bonchev–Trinajstić information content (AvgIpc) is 2.29. The second-order valence-electron chi connectivity index (χ2n) is 3.18. The van der Waals surface area contributed by atoms with Gasteiger partial charge >= 0.3 is 0 Å². The van der Waals surface area contributed by atoms with Gasteiger partial charge in [-0.3, -0.25) is 0 Å². The van der Waals surface area contributed by atoms with Gasteiger partial charge in [-0.2, -0.15) is 0 Å². The summed E-state index contributed by atoms with van der Waals surface area (Å²) in [5, 5.41) is 9.21. The normalized spacial score (nSPS) is 47.1. The number of hydrogen-bond donors (Lipinski definition) is 1. The van der Waals surface area contributed by atoms with Crippen molar-refractivity contribution in [3.05, 3.63) is 10.6 Å². The lowest BCUT2D eigenvalue weighted by Gasteiger charge is -2.26. The van der Waals surface area contributed by atoms with Gasteiger partial charge in [0, 0.05) is 10.9 Å². The molecule has 0 radical (unpaired) electrons. The zero-order valence-corrected chi connectivity index (χ0v) is 8.32.